The number of nitrogens with one attached hydrogen (secondary N) is 2. The third kappa shape index (κ3) is 4.07. The number of nitrogens with zero attached hydrogens (tertiary/aromatic N) is 3. The van der Waals surface area contributed by atoms with Crippen molar-refractivity contribution in [1.82, 2.24) is 19.7 Å². The minimum Gasteiger partial charge on any atom is -0.325 e. The molecule has 1 amide bonds. The van der Waals surface area contributed by atoms with Crippen LogP contribution < -0.4 is 10.9 Å². The smallest absolute Gasteiger partial charge is 0.262 e. The first-order valence-corrected chi connectivity index (χ1v) is 9.97. The number of rotatable bonds is 5. The van der Waals surface area contributed by atoms with E-state index in [1.54, 1.807) is 11.6 Å². The molecule has 0 bridgehead atoms. The minimum absolute atomic E-state index is 0.167. The van der Waals surface area contributed by atoms with Gasteiger partial charge < -0.3 is 10.3 Å². The highest BCUT2D eigenvalue weighted by atomic mass is 32.2. The lowest BCUT2D eigenvalue weighted by Crippen LogP contribution is -2.23. The number of fused-ring (bicyclic) bond motifs is 1. The van der Waals surface area contributed by atoms with Crippen LogP contribution in [0.15, 0.2) is 70.7 Å². The minimum atomic E-state index is -0.454. The van der Waals surface area contributed by atoms with Crippen molar-refractivity contribution in [3.8, 4) is 5.69 Å². The van der Waals surface area contributed by atoms with Gasteiger partial charge in [0.15, 0.2) is 10.8 Å². The van der Waals surface area contributed by atoms with Crippen LogP contribution in [0.4, 0.5) is 5.69 Å². The van der Waals surface area contributed by atoms with Gasteiger partial charge >= 0.3 is 0 Å². The Balaban J connectivity index is 1.59. The highest BCUT2D eigenvalue weighted by Crippen LogP contribution is 2.22. The molecule has 0 radical (unpaired) electrons. The molecule has 0 saturated carbocycles. The number of carbonyl (C=O) groups excluding carboxylic acids is 1. The van der Waals surface area contributed by atoms with Crippen molar-refractivity contribution >= 4 is 34.4 Å². The van der Waals surface area contributed by atoms with Crippen molar-refractivity contribution in [3.05, 3.63) is 76.7 Å². The quantitative estimate of drug-likeness (QED) is 0.391. The summed E-state index contributed by atoms with van der Waals surface area (Å²) in [4.78, 5) is 32.3. The van der Waals surface area contributed by atoms with Crippen molar-refractivity contribution in [3.63, 3.8) is 0 Å². The summed E-state index contributed by atoms with van der Waals surface area (Å²) in [6.45, 7) is 3.74. The van der Waals surface area contributed by atoms with Crippen LogP contribution in [0.5, 0.6) is 0 Å². The molecular weight excluding hydrogens is 386 g/mol. The van der Waals surface area contributed by atoms with E-state index < -0.39 is 5.25 Å². The standard InChI is InChI=1S/C21H19N5O2S/c1-13-7-6-8-15(11-13)23-19(27)14(2)29-21-24-18-17(20(28)25-21)12-22-26(18)16-9-4-3-5-10-16/h3-12,14H,1-2H3,(H,23,27)(H,24,25,28). The number of amides is 1. The number of aryl methyl sites for hydroxylation is 1. The second kappa shape index (κ2) is 7.92. The third-order valence-corrected chi connectivity index (χ3v) is 5.34. The number of anilines is 1. The first kappa shape index (κ1) is 18.9. The highest BCUT2D eigenvalue weighted by molar-refractivity contribution is 8.00. The molecule has 1 unspecified atom stereocenters. The van der Waals surface area contributed by atoms with Gasteiger partial charge in [-0.15, -0.1) is 0 Å². The fraction of sp³-hybridized carbons (Fsp3) is 0.143. The van der Waals surface area contributed by atoms with Crippen LogP contribution in [0.25, 0.3) is 16.7 Å². The number of H-pyrrole nitrogens is 1. The molecule has 4 aromatic rings. The monoisotopic (exact) mass is 405 g/mol. The summed E-state index contributed by atoms with van der Waals surface area (Å²) < 4.78 is 1.62. The second-order valence-electron chi connectivity index (χ2n) is 6.62. The lowest BCUT2D eigenvalue weighted by atomic mass is 10.2. The van der Waals surface area contributed by atoms with E-state index in [1.807, 2.05) is 61.5 Å². The topological polar surface area (TPSA) is 92.7 Å². The van der Waals surface area contributed by atoms with E-state index in [9.17, 15) is 9.59 Å². The van der Waals surface area contributed by atoms with Crippen molar-refractivity contribution in [2.45, 2.75) is 24.3 Å². The Labute approximate surface area is 171 Å². The Morgan fingerprint density at radius 3 is 2.72 bits per heavy atom. The molecular formula is C21H19N5O2S. The Morgan fingerprint density at radius 1 is 1.17 bits per heavy atom. The van der Waals surface area contributed by atoms with Gasteiger partial charge in [-0.3, -0.25) is 9.59 Å². The molecule has 29 heavy (non-hydrogen) atoms. The summed E-state index contributed by atoms with van der Waals surface area (Å²) in [5.74, 6) is -0.167. The molecule has 7 nitrogen and oxygen atoms in total. The van der Waals surface area contributed by atoms with Crippen LogP contribution >= 0.6 is 11.8 Å². The lowest BCUT2D eigenvalue weighted by Gasteiger charge is -2.12. The number of benzene rings is 2. The summed E-state index contributed by atoms with van der Waals surface area (Å²) in [7, 11) is 0. The molecule has 0 aliphatic carbocycles. The molecule has 0 spiro atoms. The SMILES string of the molecule is Cc1cccc(NC(=O)C(C)Sc2nc3c(cnn3-c3ccccc3)c(=O)[nH]2)c1. The number of carbonyl (C=O) groups is 1. The van der Waals surface area contributed by atoms with Gasteiger partial charge in [0.25, 0.3) is 5.56 Å². The maximum atomic E-state index is 12.5. The molecule has 2 aromatic carbocycles. The first-order chi connectivity index (χ1) is 14.0. The molecule has 0 saturated heterocycles. The Bertz CT molecular complexity index is 1230. The Morgan fingerprint density at radius 2 is 1.97 bits per heavy atom. The van der Waals surface area contributed by atoms with Crippen molar-refractivity contribution in [1.29, 1.82) is 0 Å². The lowest BCUT2D eigenvalue weighted by molar-refractivity contribution is -0.115. The van der Waals surface area contributed by atoms with Gasteiger partial charge in [-0.25, -0.2) is 9.67 Å². The van der Waals surface area contributed by atoms with Crippen LogP contribution in [0.2, 0.25) is 0 Å². The van der Waals surface area contributed by atoms with E-state index in [0.717, 1.165) is 16.9 Å². The molecule has 0 aliphatic rings. The molecule has 146 valence electrons. The maximum Gasteiger partial charge on any atom is 0.262 e. The molecule has 1 atom stereocenters. The first-order valence-electron chi connectivity index (χ1n) is 9.09. The summed E-state index contributed by atoms with van der Waals surface area (Å²) in [6.07, 6.45) is 1.50. The van der Waals surface area contributed by atoms with Crippen LogP contribution in [0, 0.1) is 6.92 Å². The van der Waals surface area contributed by atoms with E-state index in [0.29, 0.717) is 16.2 Å². The predicted molar refractivity (Wildman–Crippen MR) is 115 cm³/mol. The van der Waals surface area contributed by atoms with Crippen LogP contribution in [0.3, 0.4) is 0 Å². The zero-order valence-corrected chi connectivity index (χ0v) is 16.7. The van der Waals surface area contributed by atoms with Crippen LogP contribution in [-0.4, -0.2) is 30.9 Å². The summed E-state index contributed by atoms with van der Waals surface area (Å²) in [6, 6.07) is 17.1. The van der Waals surface area contributed by atoms with Crippen LogP contribution in [0.1, 0.15) is 12.5 Å². The zero-order chi connectivity index (χ0) is 20.4. The van der Waals surface area contributed by atoms with Crippen molar-refractivity contribution in [2.75, 3.05) is 5.32 Å². The number of hydrogen-bond donors (Lipinski definition) is 2. The van der Waals surface area contributed by atoms with E-state index in [-0.39, 0.29) is 11.5 Å². The molecule has 0 fully saturated rings. The van der Waals surface area contributed by atoms with Gasteiger partial charge in [-0.05, 0) is 43.7 Å². The molecule has 2 heterocycles. The maximum absolute atomic E-state index is 12.5. The Hall–Kier alpha value is -3.39. The average Bonchev–Trinajstić information content (AvgIpc) is 3.13. The molecule has 8 heteroatoms. The third-order valence-electron chi connectivity index (χ3n) is 4.36. The van der Waals surface area contributed by atoms with Crippen molar-refractivity contribution < 1.29 is 4.79 Å². The number of aromatic nitrogens is 4. The molecule has 0 aliphatic heterocycles. The average molecular weight is 405 g/mol. The molecule has 4 rings (SSSR count). The van der Waals surface area contributed by atoms with E-state index in [1.165, 1.54) is 18.0 Å². The van der Waals surface area contributed by atoms with Gasteiger partial charge in [-0.2, -0.15) is 5.10 Å². The zero-order valence-electron chi connectivity index (χ0n) is 15.9. The largest absolute Gasteiger partial charge is 0.325 e. The van der Waals surface area contributed by atoms with Crippen LogP contribution in [-0.2, 0) is 4.79 Å². The number of thioether (sulfide) groups is 1. The van der Waals surface area contributed by atoms with Gasteiger partial charge in [0.2, 0.25) is 5.91 Å². The second-order valence-corrected chi connectivity index (χ2v) is 7.95. The summed E-state index contributed by atoms with van der Waals surface area (Å²) in [5.41, 5.74) is 2.77. The molecule has 2 N–H and O–H groups in total. The van der Waals surface area contributed by atoms with Gasteiger partial charge in [0, 0.05) is 5.69 Å². The highest BCUT2D eigenvalue weighted by Gasteiger charge is 2.18. The Kier molecular flexibility index (Phi) is 5.18. The van der Waals surface area contributed by atoms with E-state index >= 15 is 0 Å². The predicted octanol–water partition coefficient (Wildman–Crippen LogP) is 3.54. The summed E-state index contributed by atoms with van der Waals surface area (Å²) >= 11 is 1.19. The fourth-order valence-electron chi connectivity index (χ4n) is 2.90. The summed E-state index contributed by atoms with van der Waals surface area (Å²) in [5, 5.41) is 7.49. The van der Waals surface area contributed by atoms with Gasteiger partial charge in [0.1, 0.15) is 5.39 Å². The van der Waals surface area contributed by atoms with E-state index in [2.05, 4.69) is 20.4 Å². The fourth-order valence-corrected chi connectivity index (χ4v) is 3.69. The van der Waals surface area contributed by atoms with E-state index in [4.69, 9.17) is 0 Å². The van der Waals surface area contributed by atoms with Gasteiger partial charge in [-0.1, -0.05) is 42.1 Å². The normalized spacial score (nSPS) is 12.1. The number of aromatic amines is 1. The molecule has 2 aromatic heterocycles. The van der Waals surface area contributed by atoms with Crippen molar-refractivity contribution in [2.24, 2.45) is 0 Å². The van der Waals surface area contributed by atoms with Gasteiger partial charge in [0.05, 0.1) is 17.1 Å². The number of hydrogen-bond acceptors (Lipinski definition) is 5. The number of para-hydroxylation sites is 1.